The summed E-state index contributed by atoms with van der Waals surface area (Å²) in [7, 11) is 0. The number of unbranched alkanes of at least 4 members (excludes halogenated alkanes) is 14. The summed E-state index contributed by atoms with van der Waals surface area (Å²) in [5, 5.41) is 0. The lowest BCUT2D eigenvalue weighted by atomic mass is 10.0. The largest absolute Gasteiger partial charge is 0.370 e. The van der Waals surface area contributed by atoms with Gasteiger partial charge in [-0.05, 0) is 13.3 Å². The zero-order valence-corrected chi connectivity index (χ0v) is 14.9. The minimum Gasteiger partial charge on any atom is -0.370 e. The van der Waals surface area contributed by atoms with E-state index in [1.807, 2.05) is 0 Å². The Morgan fingerprint density at radius 3 is 1.24 bits per heavy atom. The Bertz CT molecular complexity index is 214. The van der Waals surface area contributed by atoms with Crippen LogP contribution in [0.5, 0.6) is 0 Å². The van der Waals surface area contributed by atoms with Gasteiger partial charge in [0.15, 0.2) is 0 Å². The first-order valence-corrected chi connectivity index (χ1v) is 10.00. The van der Waals surface area contributed by atoms with Crippen molar-refractivity contribution < 1.29 is 4.74 Å². The van der Waals surface area contributed by atoms with Gasteiger partial charge in [-0.3, -0.25) is 0 Å². The quantitative estimate of drug-likeness (QED) is 0.220. The van der Waals surface area contributed by atoms with Crippen molar-refractivity contribution in [1.82, 2.24) is 0 Å². The molecule has 0 aromatic carbocycles. The lowest BCUT2D eigenvalue weighted by molar-refractivity contribution is 0.364. The first-order valence-electron chi connectivity index (χ1n) is 10.00. The zero-order chi connectivity index (χ0) is 15.2. The van der Waals surface area contributed by atoms with E-state index < -0.39 is 0 Å². The molecular formula is C20H40O. The highest BCUT2D eigenvalue weighted by Crippen LogP contribution is 2.26. The molecule has 0 aromatic heterocycles. The van der Waals surface area contributed by atoms with Gasteiger partial charge in [-0.2, -0.15) is 0 Å². The Morgan fingerprint density at radius 2 is 0.905 bits per heavy atom. The highest BCUT2D eigenvalue weighted by molar-refractivity contribution is 4.79. The van der Waals surface area contributed by atoms with Crippen molar-refractivity contribution in [3.05, 3.63) is 0 Å². The number of epoxide rings is 1. The second kappa shape index (κ2) is 13.6. The van der Waals surface area contributed by atoms with Crippen molar-refractivity contribution in [2.45, 2.75) is 129 Å². The number of rotatable bonds is 16. The van der Waals surface area contributed by atoms with Gasteiger partial charge in [-0.25, -0.2) is 0 Å². The van der Waals surface area contributed by atoms with Crippen LogP contribution in [-0.2, 0) is 4.74 Å². The lowest BCUT2D eigenvalue weighted by Gasteiger charge is -2.03. The molecule has 126 valence electrons. The third kappa shape index (κ3) is 12.2. The summed E-state index contributed by atoms with van der Waals surface area (Å²) >= 11 is 0. The summed E-state index contributed by atoms with van der Waals surface area (Å²) in [5.41, 5.74) is 0. The summed E-state index contributed by atoms with van der Waals surface area (Å²) in [6.07, 6.45) is 24.2. The Labute approximate surface area is 134 Å². The van der Waals surface area contributed by atoms with Gasteiger partial charge < -0.3 is 4.74 Å². The smallest absolute Gasteiger partial charge is 0.0839 e. The fourth-order valence-corrected chi connectivity index (χ4v) is 3.25. The Balaban J connectivity index is 1.62. The molecule has 0 spiro atoms. The molecule has 1 nitrogen and oxygen atoms in total. The maximum atomic E-state index is 5.44. The molecule has 0 N–H and O–H groups in total. The number of hydrogen-bond donors (Lipinski definition) is 0. The standard InChI is InChI=1S/C20H40O/c1-3-4-5-6-7-8-9-10-11-12-13-14-15-16-17-18-20-19(2)21-20/h19-20H,3-18H2,1-2H3. The summed E-state index contributed by atoms with van der Waals surface area (Å²) < 4.78 is 5.44. The average molecular weight is 297 g/mol. The molecule has 2 unspecified atom stereocenters. The third-order valence-electron chi connectivity index (χ3n) is 4.93. The molecule has 0 aromatic rings. The first-order chi connectivity index (χ1) is 10.3. The van der Waals surface area contributed by atoms with Gasteiger partial charge in [-0.1, -0.05) is 103 Å². The molecule has 0 bridgehead atoms. The number of hydrogen-bond acceptors (Lipinski definition) is 1. The Morgan fingerprint density at radius 1 is 0.571 bits per heavy atom. The van der Waals surface area contributed by atoms with Crippen LogP contribution in [0, 0.1) is 0 Å². The van der Waals surface area contributed by atoms with E-state index in [9.17, 15) is 0 Å². The van der Waals surface area contributed by atoms with E-state index >= 15 is 0 Å². The summed E-state index contributed by atoms with van der Waals surface area (Å²) in [4.78, 5) is 0. The molecule has 1 aliphatic heterocycles. The highest BCUT2D eigenvalue weighted by Gasteiger charge is 2.32. The second-order valence-electron chi connectivity index (χ2n) is 7.12. The minimum absolute atomic E-state index is 0.566. The lowest BCUT2D eigenvalue weighted by Crippen LogP contribution is -1.89. The molecule has 1 heteroatoms. The van der Waals surface area contributed by atoms with E-state index in [0.717, 1.165) is 0 Å². The van der Waals surface area contributed by atoms with Crippen LogP contribution in [0.2, 0.25) is 0 Å². The van der Waals surface area contributed by atoms with Gasteiger partial charge in [0.1, 0.15) is 0 Å². The normalized spacial score (nSPS) is 20.9. The maximum Gasteiger partial charge on any atom is 0.0839 e. The fraction of sp³-hybridized carbons (Fsp3) is 1.00. The van der Waals surface area contributed by atoms with Crippen molar-refractivity contribution in [3.8, 4) is 0 Å². The van der Waals surface area contributed by atoms with Crippen LogP contribution < -0.4 is 0 Å². The van der Waals surface area contributed by atoms with Crippen molar-refractivity contribution in [1.29, 1.82) is 0 Å². The van der Waals surface area contributed by atoms with Crippen LogP contribution >= 0.6 is 0 Å². The van der Waals surface area contributed by atoms with Crippen LogP contribution in [0.1, 0.15) is 117 Å². The van der Waals surface area contributed by atoms with Crippen molar-refractivity contribution in [3.63, 3.8) is 0 Å². The molecule has 1 fully saturated rings. The predicted molar refractivity (Wildman–Crippen MR) is 93.9 cm³/mol. The van der Waals surface area contributed by atoms with E-state index in [1.54, 1.807) is 0 Å². The third-order valence-corrected chi connectivity index (χ3v) is 4.93. The summed E-state index contributed by atoms with van der Waals surface area (Å²) in [5.74, 6) is 0. The maximum absolute atomic E-state index is 5.44. The molecule has 0 amide bonds. The molecule has 0 radical (unpaired) electrons. The van der Waals surface area contributed by atoms with E-state index in [4.69, 9.17) is 4.74 Å². The molecule has 21 heavy (non-hydrogen) atoms. The molecule has 1 heterocycles. The van der Waals surface area contributed by atoms with Crippen LogP contribution in [0.15, 0.2) is 0 Å². The van der Waals surface area contributed by atoms with Gasteiger partial charge >= 0.3 is 0 Å². The van der Waals surface area contributed by atoms with Gasteiger partial charge in [0.25, 0.3) is 0 Å². The molecule has 1 saturated heterocycles. The van der Waals surface area contributed by atoms with Gasteiger partial charge in [0.05, 0.1) is 12.2 Å². The van der Waals surface area contributed by atoms with Gasteiger partial charge in [0, 0.05) is 0 Å². The Hall–Kier alpha value is -0.0400. The molecule has 1 rings (SSSR count). The first kappa shape index (κ1) is 19.0. The minimum atomic E-state index is 0.566. The molecule has 2 atom stereocenters. The van der Waals surface area contributed by atoms with Crippen molar-refractivity contribution >= 4 is 0 Å². The fourth-order valence-electron chi connectivity index (χ4n) is 3.25. The monoisotopic (exact) mass is 296 g/mol. The summed E-state index contributed by atoms with van der Waals surface area (Å²) in [6.45, 7) is 4.48. The molecular weight excluding hydrogens is 256 g/mol. The van der Waals surface area contributed by atoms with Crippen LogP contribution in [0.4, 0.5) is 0 Å². The van der Waals surface area contributed by atoms with Crippen molar-refractivity contribution in [2.24, 2.45) is 0 Å². The average Bonchev–Trinajstić information content (AvgIpc) is 3.19. The van der Waals surface area contributed by atoms with E-state index in [1.165, 1.54) is 103 Å². The van der Waals surface area contributed by atoms with Crippen molar-refractivity contribution in [2.75, 3.05) is 0 Å². The van der Waals surface area contributed by atoms with Crippen LogP contribution in [-0.4, -0.2) is 12.2 Å². The summed E-state index contributed by atoms with van der Waals surface area (Å²) in [6, 6.07) is 0. The zero-order valence-electron chi connectivity index (χ0n) is 14.9. The number of ether oxygens (including phenoxy) is 1. The van der Waals surface area contributed by atoms with Crippen LogP contribution in [0.25, 0.3) is 0 Å². The molecule has 0 saturated carbocycles. The second-order valence-corrected chi connectivity index (χ2v) is 7.12. The van der Waals surface area contributed by atoms with E-state index in [2.05, 4.69) is 13.8 Å². The van der Waals surface area contributed by atoms with Gasteiger partial charge in [-0.15, -0.1) is 0 Å². The highest BCUT2D eigenvalue weighted by atomic mass is 16.6. The molecule has 1 aliphatic rings. The predicted octanol–water partition coefficient (Wildman–Crippen LogP) is 7.04. The SMILES string of the molecule is CCCCCCCCCCCCCCCCCC1OC1C. The topological polar surface area (TPSA) is 12.5 Å². The van der Waals surface area contributed by atoms with Crippen LogP contribution in [0.3, 0.4) is 0 Å². The van der Waals surface area contributed by atoms with Gasteiger partial charge in [0.2, 0.25) is 0 Å². The molecule has 0 aliphatic carbocycles. The Kier molecular flexibility index (Phi) is 12.3. The van der Waals surface area contributed by atoms with E-state index in [0.29, 0.717) is 12.2 Å². The van der Waals surface area contributed by atoms with E-state index in [-0.39, 0.29) is 0 Å².